The van der Waals surface area contributed by atoms with Gasteiger partial charge in [-0.3, -0.25) is 4.79 Å². The summed E-state index contributed by atoms with van der Waals surface area (Å²) in [6, 6.07) is 6.39. The van der Waals surface area contributed by atoms with Gasteiger partial charge in [0.1, 0.15) is 5.75 Å². The van der Waals surface area contributed by atoms with Crippen LogP contribution in [0.1, 0.15) is 64.2 Å². The molecular weight excluding hydrogens is 532 g/mol. The number of nitrogens with zero attached hydrogens (tertiary/aromatic N) is 1. The average Bonchev–Trinajstić information content (AvgIpc) is 3.60. The summed E-state index contributed by atoms with van der Waals surface area (Å²) in [7, 11) is -2.32. The number of rotatable bonds is 12. The molecule has 2 bridgehead atoms. The molecule has 1 aromatic rings. The third kappa shape index (κ3) is 6.83. The van der Waals surface area contributed by atoms with E-state index in [1.54, 1.807) is 12.1 Å². The molecular formula is C30H44N2O7S. The maximum atomic E-state index is 13.3. The van der Waals surface area contributed by atoms with E-state index >= 15 is 0 Å². The molecule has 222 valence electrons. The van der Waals surface area contributed by atoms with Gasteiger partial charge in [-0.2, -0.15) is 4.31 Å². The summed E-state index contributed by atoms with van der Waals surface area (Å²) in [6.07, 6.45) is 12.7. The molecule has 3 aliphatic carbocycles. The van der Waals surface area contributed by atoms with E-state index < -0.39 is 16.3 Å². The molecule has 0 saturated heterocycles. The van der Waals surface area contributed by atoms with Crippen molar-refractivity contribution in [2.45, 2.75) is 81.4 Å². The quantitative estimate of drug-likeness (QED) is 0.389. The molecule has 2 N–H and O–H groups in total. The molecule has 1 heterocycles. The van der Waals surface area contributed by atoms with E-state index in [2.05, 4.69) is 5.32 Å². The van der Waals surface area contributed by atoms with Gasteiger partial charge in [0, 0.05) is 25.6 Å². The van der Waals surface area contributed by atoms with E-state index in [-0.39, 0.29) is 49.1 Å². The number of carbonyl (C=O) groups excluding carboxylic acids is 1. The van der Waals surface area contributed by atoms with Crippen molar-refractivity contribution in [1.29, 1.82) is 0 Å². The Balaban J connectivity index is 1.22. The van der Waals surface area contributed by atoms with Crippen molar-refractivity contribution in [3.63, 3.8) is 0 Å². The zero-order valence-electron chi connectivity index (χ0n) is 23.5. The van der Waals surface area contributed by atoms with Gasteiger partial charge in [-0.05, 0) is 86.1 Å². The molecule has 3 fully saturated rings. The Morgan fingerprint density at radius 2 is 1.80 bits per heavy atom. The van der Waals surface area contributed by atoms with E-state index in [1.807, 2.05) is 6.08 Å². The smallest absolute Gasteiger partial charge is 0.286 e. The van der Waals surface area contributed by atoms with Crippen molar-refractivity contribution >= 4 is 15.9 Å². The highest BCUT2D eigenvalue weighted by Gasteiger charge is 2.41. The third-order valence-electron chi connectivity index (χ3n) is 9.31. The summed E-state index contributed by atoms with van der Waals surface area (Å²) in [4.78, 5) is 13.4. The molecule has 0 radical (unpaired) electrons. The standard InChI is InChI=1S/C30H44N2O7S/c1-37-25-9-11-26(12-10-25)40(35,36)32(13-15-33)14-16-38-29-20-24(22-5-3-2-4-6-22)19-28(39-29)30(34)31-27-18-21-7-8-23(27)17-21/h9-12,19,21-24,27,29,33H,2-8,13-18,20H2,1H3,(H,31,34)/t21?,23?,24-,27?,29+/m1/s1. The second-order valence-corrected chi connectivity index (χ2v) is 13.7. The minimum Gasteiger partial charge on any atom is -0.497 e. The fourth-order valence-corrected chi connectivity index (χ4v) is 8.56. The lowest BCUT2D eigenvalue weighted by Crippen LogP contribution is -2.42. The van der Waals surface area contributed by atoms with Crippen molar-refractivity contribution in [3.8, 4) is 5.75 Å². The third-order valence-corrected chi connectivity index (χ3v) is 11.2. The Morgan fingerprint density at radius 3 is 2.45 bits per heavy atom. The van der Waals surface area contributed by atoms with Gasteiger partial charge in [0.25, 0.3) is 5.91 Å². The molecule has 0 spiro atoms. The van der Waals surface area contributed by atoms with Crippen molar-refractivity contribution < 1.29 is 32.5 Å². The SMILES string of the molecule is COc1ccc(S(=O)(=O)N(CCO)CCO[C@@H]2C[C@H](C3CCCCC3)C=C(C(=O)NC3CC4CCC3C4)O2)cc1. The monoisotopic (exact) mass is 576 g/mol. The first-order chi connectivity index (χ1) is 19.4. The highest BCUT2D eigenvalue weighted by Crippen LogP contribution is 2.44. The van der Waals surface area contributed by atoms with Crippen LogP contribution in [0.2, 0.25) is 0 Å². The molecule has 3 unspecified atom stereocenters. The van der Waals surface area contributed by atoms with Gasteiger partial charge in [0.15, 0.2) is 5.76 Å². The number of allylic oxidation sites excluding steroid dienone is 1. The predicted molar refractivity (Wildman–Crippen MR) is 150 cm³/mol. The number of carbonyl (C=O) groups is 1. The van der Waals surface area contributed by atoms with Crippen LogP contribution in [0, 0.1) is 23.7 Å². The Labute approximate surface area is 238 Å². The van der Waals surface area contributed by atoms with Gasteiger partial charge in [-0.25, -0.2) is 8.42 Å². The van der Waals surface area contributed by atoms with Crippen molar-refractivity contribution in [2.24, 2.45) is 23.7 Å². The average molecular weight is 577 g/mol. The lowest BCUT2D eigenvalue weighted by Gasteiger charge is -2.35. The fraction of sp³-hybridized carbons (Fsp3) is 0.700. The van der Waals surface area contributed by atoms with Crippen LogP contribution in [0.15, 0.2) is 41.0 Å². The number of aliphatic hydroxyl groups is 1. The number of hydrogen-bond donors (Lipinski definition) is 2. The topological polar surface area (TPSA) is 114 Å². The zero-order valence-corrected chi connectivity index (χ0v) is 24.3. The van der Waals surface area contributed by atoms with Crippen LogP contribution in [-0.4, -0.2) is 69.5 Å². The summed E-state index contributed by atoms with van der Waals surface area (Å²) < 4.78 is 45.0. The molecule has 5 atom stereocenters. The largest absolute Gasteiger partial charge is 0.497 e. The predicted octanol–water partition coefficient (Wildman–Crippen LogP) is 3.83. The lowest BCUT2D eigenvalue weighted by molar-refractivity contribution is -0.152. The second-order valence-electron chi connectivity index (χ2n) is 11.8. The summed E-state index contributed by atoms with van der Waals surface area (Å²) >= 11 is 0. The van der Waals surface area contributed by atoms with Gasteiger partial charge in [0.05, 0.1) is 25.2 Å². The van der Waals surface area contributed by atoms with Crippen LogP contribution >= 0.6 is 0 Å². The van der Waals surface area contributed by atoms with Gasteiger partial charge in [0.2, 0.25) is 16.3 Å². The number of hydrogen-bond acceptors (Lipinski definition) is 7. The molecule has 3 saturated carbocycles. The van der Waals surface area contributed by atoms with Crippen LogP contribution in [-0.2, 0) is 24.3 Å². The number of nitrogens with one attached hydrogen (secondary N) is 1. The summed E-state index contributed by atoms with van der Waals surface area (Å²) in [5, 5.41) is 12.8. The van der Waals surface area contributed by atoms with Crippen molar-refractivity contribution in [3.05, 3.63) is 36.1 Å². The number of benzene rings is 1. The van der Waals surface area contributed by atoms with E-state index in [1.165, 1.54) is 62.1 Å². The normalized spacial score (nSPS) is 28.8. The first kappa shape index (κ1) is 29.4. The first-order valence-corrected chi connectivity index (χ1v) is 16.4. The number of ether oxygens (including phenoxy) is 3. The minimum absolute atomic E-state index is 0.0505. The fourth-order valence-electron chi connectivity index (χ4n) is 7.14. The van der Waals surface area contributed by atoms with E-state index in [0.717, 1.165) is 25.2 Å². The Bertz CT molecular complexity index is 1130. The number of methoxy groups -OCH3 is 1. The zero-order chi connectivity index (χ0) is 28.1. The van der Waals surface area contributed by atoms with Gasteiger partial charge in [-0.15, -0.1) is 0 Å². The van der Waals surface area contributed by atoms with E-state index in [0.29, 0.717) is 29.8 Å². The molecule has 5 rings (SSSR count). The van der Waals surface area contributed by atoms with E-state index in [4.69, 9.17) is 14.2 Å². The van der Waals surface area contributed by atoms with Crippen molar-refractivity contribution in [2.75, 3.05) is 33.4 Å². The number of amides is 1. The molecule has 40 heavy (non-hydrogen) atoms. The molecule has 1 aromatic carbocycles. The van der Waals surface area contributed by atoms with Crippen LogP contribution in [0.3, 0.4) is 0 Å². The number of aliphatic hydroxyl groups excluding tert-OH is 1. The Kier molecular flexibility index (Phi) is 9.71. The second kappa shape index (κ2) is 13.2. The van der Waals surface area contributed by atoms with Crippen molar-refractivity contribution in [1.82, 2.24) is 9.62 Å². The Morgan fingerprint density at radius 1 is 1.02 bits per heavy atom. The van der Waals surface area contributed by atoms with Crippen LogP contribution < -0.4 is 10.1 Å². The molecule has 9 nitrogen and oxygen atoms in total. The highest BCUT2D eigenvalue weighted by atomic mass is 32.2. The lowest BCUT2D eigenvalue weighted by atomic mass is 9.77. The number of sulfonamides is 1. The molecule has 0 aromatic heterocycles. The molecule has 10 heteroatoms. The minimum atomic E-state index is -3.84. The molecule has 1 aliphatic heterocycles. The van der Waals surface area contributed by atoms with Crippen LogP contribution in [0.4, 0.5) is 0 Å². The summed E-state index contributed by atoms with van der Waals surface area (Å²) in [6.45, 7) is -0.224. The molecule has 1 amide bonds. The maximum Gasteiger partial charge on any atom is 0.286 e. The highest BCUT2D eigenvalue weighted by molar-refractivity contribution is 7.89. The van der Waals surface area contributed by atoms with Gasteiger partial charge in [-0.1, -0.05) is 25.7 Å². The molecule has 4 aliphatic rings. The summed E-state index contributed by atoms with van der Waals surface area (Å²) in [5.74, 6) is 2.74. The first-order valence-electron chi connectivity index (χ1n) is 14.9. The maximum absolute atomic E-state index is 13.3. The van der Waals surface area contributed by atoms with E-state index in [9.17, 15) is 18.3 Å². The van der Waals surface area contributed by atoms with Gasteiger partial charge < -0.3 is 24.6 Å². The summed E-state index contributed by atoms with van der Waals surface area (Å²) in [5.41, 5.74) is 0. The van der Waals surface area contributed by atoms with Crippen LogP contribution in [0.5, 0.6) is 5.75 Å². The number of fused-ring (bicyclic) bond motifs is 2. The van der Waals surface area contributed by atoms with Crippen LogP contribution in [0.25, 0.3) is 0 Å². The van der Waals surface area contributed by atoms with Gasteiger partial charge >= 0.3 is 0 Å². The Hall–Kier alpha value is -2.14.